The Balaban J connectivity index is 1.84. The summed E-state index contributed by atoms with van der Waals surface area (Å²) in [6, 6.07) is 0. The Bertz CT molecular complexity index is 659. The fourth-order valence-electron chi connectivity index (χ4n) is 2.22. The third-order valence-corrected chi connectivity index (χ3v) is 4.30. The molecule has 1 aliphatic carbocycles. The van der Waals surface area contributed by atoms with E-state index in [1.807, 2.05) is 0 Å². The highest BCUT2D eigenvalue weighted by Crippen LogP contribution is 2.31. The molecule has 1 aliphatic rings. The van der Waals surface area contributed by atoms with Gasteiger partial charge in [0, 0.05) is 11.3 Å². The van der Waals surface area contributed by atoms with Gasteiger partial charge < -0.3 is 4.74 Å². The van der Waals surface area contributed by atoms with E-state index < -0.39 is 5.97 Å². The number of hydrogen-bond donors (Lipinski definition) is 0. The maximum atomic E-state index is 11.3. The van der Waals surface area contributed by atoms with Gasteiger partial charge in [-0.05, 0) is 47.9 Å². The molecule has 0 atom stereocenters. The van der Waals surface area contributed by atoms with E-state index in [-0.39, 0.29) is 6.54 Å². The molecule has 2 aromatic heterocycles. The van der Waals surface area contributed by atoms with E-state index in [0.29, 0.717) is 5.16 Å². The number of aromatic nitrogens is 6. The van der Waals surface area contributed by atoms with Crippen molar-refractivity contribution in [2.24, 2.45) is 0 Å². The highest BCUT2D eigenvalue weighted by molar-refractivity contribution is 7.99. The molecule has 0 bridgehead atoms. The summed E-state index contributed by atoms with van der Waals surface area (Å²) >= 11 is 1.36. The number of esters is 1. The molecule has 2 heterocycles. The summed E-state index contributed by atoms with van der Waals surface area (Å²) in [5.41, 5.74) is 2.27. The number of carbonyl (C=O) groups excluding carboxylic acids is 1. The zero-order chi connectivity index (χ0) is 14.7. The van der Waals surface area contributed by atoms with Crippen molar-refractivity contribution in [1.82, 2.24) is 30.2 Å². The summed E-state index contributed by atoms with van der Waals surface area (Å²) in [7, 11) is 1.33. The average molecular weight is 306 g/mol. The molecule has 0 aromatic carbocycles. The van der Waals surface area contributed by atoms with E-state index in [4.69, 9.17) is 0 Å². The predicted molar refractivity (Wildman–Crippen MR) is 72.6 cm³/mol. The molecule has 110 valence electrons. The van der Waals surface area contributed by atoms with E-state index in [0.717, 1.165) is 36.4 Å². The van der Waals surface area contributed by atoms with Crippen LogP contribution in [0.3, 0.4) is 0 Å². The fourth-order valence-corrected chi connectivity index (χ4v) is 3.12. The molecule has 9 heteroatoms. The number of aryl methyl sites for hydroxylation is 1. The number of hydrogen-bond acceptors (Lipinski definition) is 8. The summed E-state index contributed by atoms with van der Waals surface area (Å²) in [6.45, 7) is -0.0148. The van der Waals surface area contributed by atoms with Gasteiger partial charge in [-0.15, -0.1) is 5.10 Å². The number of methoxy groups -OCH3 is 1. The minimum atomic E-state index is -0.395. The van der Waals surface area contributed by atoms with Gasteiger partial charge in [0.05, 0.1) is 7.11 Å². The lowest BCUT2D eigenvalue weighted by Gasteiger charge is -2.16. The summed E-state index contributed by atoms with van der Waals surface area (Å²) in [5.74, 6) is -0.395. The van der Waals surface area contributed by atoms with Crippen LogP contribution in [0.25, 0.3) is 0 Å². The Hall–Kier alpha value is -2.03. The molecule has 0 radical (unpaired) electrons. The van der Waals surface area contributed by atoms with Crippen LogP contribution >= 0.6 is 11.8 Å². The van der Waals surface area contributed by atoms with Crippen LogP contribution < -0.4 is 0 Å². The quantitative estimate of drug-likeness (QED) is 0.600. The zero-order valence-electron chi connectivity index (χ0n) is 11.5. The average Bonchev–Trinajstić information content (AvgIpc) is 2.94. The summed E-state index contributed by atoms with van der Waals surface area (Å²) < 4.78 is 6.04. The number of rotatable bonds is 4. The topological polar surface area (TPSA) is 95.7 Å². The highest BCUT2D eigenvalue weighted by Gasteiger charge is 2.19. The largest absolute Gasteiger partial charge is 0.468 e. The van der Waals surface area contributed by atoms with E-state index in [2.05, 4.69) is 30.2 Å². The Kier molecular flexibility index (Phi) is 4.09. The maximum Gasteiger partial charge on any atom is 0.327 e. The monoisotopic (exact) mass is 306 g/mol. The van der Waals surface area contributed by atoms with Crippen LogP contribution in [0, 0.1) is 0 Å². The van der Waals surface area contributed by atoms with E-state index in [9.17, 15) is 4.79 Å². The van der Waals surface area contributed by atoms with Gasteiger partial charge in [-0.1, -0.05) is 0 Å². The first-order chi connectivity index (χ1) is 10.3. The molecular weight excluding hydrogens is 292 g/mol. The number of nitrogens with zero attached hydrogens (tertiary/aromatic N) is 6. The Morgan fingerprint density at radius 1 is 1.38 bits per heavy atom. The molecule has 21 heavy (non-hydrogen) atoms. The van der Waals surface area contributed by atoms with Gasteiger partial charge in [0.1, 0.15) is 17.9 Å². The third kappa shape index (κ3) is 3.02. The van der Waals surface area contributed by atoms with Gasteiger partial charge in [-0.2, -0.15) is 0 Å². The molecule has 0 saturated carbocycles. The van der Waals surface area contributed by atoms with Gasteiger partial charge in [-0.25, -0.2) is 14.6 Å². The predicted octanol–water partition coefficient (Wildman–Crippen LogP) is 0.666. The SMILES string of the molecule is COC(=O)Cn1nnnc1Sc1ncnc2c1CCCC2. The second-order valence-corrected chi connectivity index (χ2v) is 5.56. The minimum absolute atomic E-state index is 0.0148. The molecular formula is C12H14N6O2S. The third-order valence-electron chi connectivity index (χ3n) is 3.28. The molecule has 0 unspecified atom stereocenters. The van der Waals surface area contributed by atoms with E-state index in [1.165, 1.54) is 29.1 Å². The van der Waals surface area contributed by atoms with Crippen LogP contribution in [0.15, 0.2) is 16.5 Å². The Labute approximate surface area is 125 Å². The molecule has 0 saturated heterocycles. The zero-order valence-corrected chi connectivity index (χ0v) is 12.3. The van der Waals surface area contributed by atoms with Crippen molar-refractivity contribution in [3.05, 3.63) is 17.6 Å². The molecule has 0 fully saturated rings. The van der Waals surface area contributed by atoms with E-state index in [1.54, 1.807) is 6.33 Å². The van der Waals surface area contributed by atoms with Gasteiger partial charge >= 0.3 is 5.97 Å². The van der Waals surface area contributed by atoms with Gasteiger partial charge in [0.25, 0.3) is 0 Å². The van der Waals surface area contributed by atoms with Crippen LogP contribution in [0.4, 0.5) is 0 Å². The van der Waals surface area contributed by atoms with Crippen LogP contribution in [0.2, 0.25) is 0 Å². The molecule has 3 rings (SSSR count). The first-order valence-electron chi connectivity index (χ1n) is 6.61. The second-order valence-electron chi connectivity index (χ2n) is 4.61. The molecule has 0 amide bonds. The van der Waals surface area contributed by atoms with Crippen molar-refractivity contribution in [3.8, 4) is 0 Å². The van der Waals surface area contributed by atoms with Crippen LogP contribution in [0.5, 0.6) is 0 Å². The van der Waals surface area contributed by atoms with Crippen molar-refractivity contribution >= 4 is 17.7 Å². The van der Waals surface area contributed by atoms with Crippen molar-refractivity contribution in [2.75, 3.05) is 7.11 Å². The Morgan fingerprint density at radius 2 is 2.24 bits per heavy atom. The first-order valence-corrected chi connectivity index (χ1v) is 7.43. The molecule has 0 aliphatic heterocycles. The lowest BCUT2D eigenvalue weighted by atomic mass is 9.98. The Morgan fingerprint density at radius 3 is 3.10 bits per heavy atom. The van der Waals surface area contributed by atoms with Gasteiger partial charge in [-0.3, -0.25) is 4.79 Å². The lowest BCUT2D eigenvalue weighted by Crippen LogP contribution is -2.14. The highest BCUT2D eigenvalue weighted by atomic mass is 32.2. The van der Waals surface area contributed by atoms with Crippen LogP contribution in [-0.2, 0) is 28.9 Å². The van der Waals surface area contributed by atoms with Crippen LogP contribution in [0.1, 0.15) is 24.1 Å². The fraction of sp³-hybridized carbons (Fsp3) is 0.500. The second kappa shape index (κ2) is 6.17. The number of tetrazole rings is 1. The number of ether oxygens (including phenoxy) is 1. The number of carbonyl (C=O) groups is 1. The molecule has 8 nitrogen and oxygen atoms in total. The first kappa shape index (κ1) is 13.9. The van der Waals surface area contributed by atoms with Crippen molar-refractivity contribution < 1.29 is 9.53 Å². The summed E-state index contributed by atoms with van der Waals surface area (Å²) in [4.78, 5) is 20.0. The number of fused-ring (bicyclic) bond motifs is 1. The standard InChI is InChI=1S/C12H14N6O2S/c1-20-10(19)6-18-12(15-16-17-18)21-11-8-4-2-3-5-9(8)13-7-14-11/h7H,2-6H2,1H3. The summed E-state index contributed by atoms with van der Waals surface area (Å²) in [5, 5.41) is 12.7. The minimum Gasteiger partial charge on any atom is -0.468 e. The molecule has 0 spiro atoms. The molecule has 0 N–H and O–H groups in total. The van der Waals surface area contributed by atoms with Crippen molar-refractivity contribution in [1.29, 1.82) is 0 Å². The van der Waals surface area contributed by atoms with Crippen molar-refractivity contribution in [3.63, 3.8) is 0 Å². The van der Waals surface area contributed by atoms with Gasteiger partial charge in [0.15, 0.2) is 0 Å². The lowest BCUT2D eigenvalue weighted by molar-refractivity contribution is -0.141. The van der Waals surface area contributed by atoms with Crippen molar-refractivity contribution in [2.45, 2.75) is 42.4 Å². The maximum absolute atomic E-state index is 11.3. The normalized spacial score (nSPS) is 13.8. The summed E-state index contributed by atoms with van der Waals surface area (Å²) in [6.07, 6.45) is 5.83. The van der Waals surface area contributed by atoms with Crippen LogP contribution in [-0.4, -0.2) is 43.3 Å². The smallest absolute Gasteiger partial charge is 0.327 e. The van der Waals surface area contributed by atoms with Gasteiger partial charge in [0.2, 0.25) is 5.16 Å². The molecule has 2 aromatic rings. The van der Waals surface area contributed by atoms with E-state index >= 15 is 0 Å².